The van der Waals surface area contributed by atoms with E-state index in [2.05, 4.69) is 4.99 Å². The maximum Gasteiger partial charge on any atom is 0.252 e. The highest BCUT2D eigenvalue weighted by Crippen LogP contribution is 2.44. The Morgan fingerprint density at radius 1 is 1.19 bits per heavy atom. The molecule has 8 nitrogen and oxygen atoms in total. The van der Waals surface area contributed by atoms with E-state index in [0.29, 0.717) is 22.4 Å². The Hall–Kier alpha value is -2.72. The fourth-order valence-electron chi connectivity index (χ4n) is 4.06. The van der Waals surface area contributed by atoms with Crippen molar-refractivity contribution in [2.24, 2.45) is 4.99 Å². The van der Waals surface area contributed by atoms with E-state index in [1.54, 1.807) is 25.3 Å². The van der Waals surface area contributed by atoms with Crippen LogP contribution < -0.4 is 19.1 Å². The number of amides is 1. The molecule has 0 aliphatic carbocycles. The summed E-state index contributed by atoms with van der Waals surface area (Å²) in [4.78, 5) is 19.0. The first-order chi connectivity index (χ1) is 14.9. The molecule has 0 bridgehead atoms. The number of rotatable bonds is 4. The second-order valence-electron chi connectivity index (χ2n) is 7.48. The SMILES string of the molecule is COc1ccccc1CC(=O)N=C1S[C@@H]2CS(=O)(=O)C[C@H]2N1c1ccc2c(c1)OCO2. The van der Waals surface area contributed by atoms with Gasteiger partial charge >= 0.3 is 0 Å². The van der Waals surface area contributed by atoms with Crippen LogP contribution in [0.1, 0.15) is 5.56 Å². The summed E-state index contributed by atoms with van der Waals surface area (Å²) in [5.74, 6) is 1.64. The van der Waals surface area contributed by atoms with Crippen molar-refractivity contribution < 1.29 is 27.4 Å². The van der Waals surface area contributed by atoms with Crippen molar-refractivity contribution in [2.75, 3.05) is 30.3 Å². The Morgan fingerprint density at radius 2 is 2.00 bits per heavy atom. The van der Waals surface area contributed by atoms with Crippen LogP contribution in [0.25, 0.3) is 0 Å². The van der Waals surface area contributed by atoms with Crippen LogP contribution in [0.5, 0.6) is 17.2 Å². The Labute approximate surface area is 184 Å². The molecule has 3 aliphatic heterocycles. The molecule has 0 saturated carbocycles. The average molecular weight is 461 g/mol. The van der Waals surface area contributed by atoms with Gasteiger partial charge in [0.1, 0.15) is 5.75 Å². The number of methoxy groups -OCH3 is 1. The predicted molar refractivity (Wildman–Crippen MR) is 118 cm³/mol. The zero-order valence-corrected chi connectivity index (χ0v) is 18.3. The molecule has 31 heavy (non-hydrogen) atoms. The van der Waals surface area contributed by atoms with Gasteiger partial charge in [-0.1, -0.05) is 30.0 Å². The summed E-state index contributed by atoms with van der Waals surface area (Å²) >= 11 is 1.34. The van der Waals surface area contributed by atoms with Gasteiger partial charge in [-0.15, -0.1) is 0 Å². The quantitative estimate of drug-likeness (QED) is 0.686. The van der Waals surface area contributed by atoms with Gasteiger partial charge in [0.2, 0.25) is 6.79 Å². The third-order valence-electron chi connectivity index (χ3n) is 5.46. The average Bonchev–Trinajstić information content (AvgIpc) is 3.39. The maximum atomic E-state index is 12.8. The summed E-state index contributed by atoms with van der Waals surface area (Å²) in [5.41, 5.74) is 1.48. The first kappa shape index (κ1) is 20.2. The molecule has 0 N–H and O–H groups in total. The number of carbonyl (C=O) groups is 1. The Bertz CT molecular complexity index is 1180. The number of hydrogen-bond donors (Lipinski definition) is 0. The Balaban J connectivity index is 1.47. The number of para-hydroxylation sites is 1. The van der Waals surface area contributed by atoms with Crippen molar-refractivity contribution in [1.29, 1.82) is 0 Å². The van der Waals surface area contributed by atoms with Crippen LogP contribution in [0.3, 0.4) is 0 Å². The largest absolute Gasteiger partial charge is 0.496 e. The summed E-state index contributed by atoms with van der Waals surface area (Å²) in [7, 11) is -1.58. The highest BCUT2D eigenvalue weighted by Gasteiger charge is 2.49. The van der Waals surface area contributed by atoms with Crippen LogP contribution in [0, 0.1) is 0 Å². The van der Waals surface area contributed by atoms with Gasteiger partial charge in [-0.2, -0.15) is 4.99 Å². The van der Waals surface area contributed by atoms with Crippen molar-refractivity contribution in [3.8, 4) is 17.2 Å². The smallest absolute Gasteiger partial charge is 0.252 e. The van der Waals surface area contributed by atoms with Crippen molar-refractivity contribution in [2.45, 2.75) is 17.7 Å². The lowest BCUT2D eigenvalue weighted by Crippen LogP contribution is -2.37. The van der Waals surface area contributed by atoms with Crippen LogP contribution in [-0.4, -0.2) is 56.2 Å². The van der Waals surface area contributed by atoms with Crippen LogP contribution in [0.4, 0.5) is 5.69 Å². The highest BCUT2D eigenvalue weighted by atomic mass is 32.2. The minimum absolute atomic E-state index is 0.0266. The van der Waals surface area contributed by atoms with Gasteiger partial charge in [0, 0.05) is 22.6 Å². The number of aliphatic imine (C=N–C) groups is 1. The van der Waals surface area contributed by atoms with Gasteiger partial charge in [0.15, 0.2) is 26.5 Å². The van der Waals surface area contributed by atoms with Gasteiger partial charge in [-0.05, 0) is 18.2 Å². The van der Waals surface area contributed by atoms with E-state index >= 15 is 0 Å². The lowest BCUT2D eigenvalue weighted by Gasteiger charge is -2.24. The predicted octanol–water partition coefficient (Wildman–Crippen LogP) is 2.27. The van der Waals surface area contributed by atoms with E-state index in [4.69, 9.17) is 14.2 Å². The summed E-state index contributed by atoms with van der Waals surface area (Å²) in [6.07, 6.45) is 0.0939. The second-order valence-corrected chi connectivity index (χ2v) is 10.8. The van der Waals surface area contributed by atoms with E-state index in [9.17, 15) is 13.2 Å². The fourth-order valence-corrected chi connectivity index (χ4v) is 7.99. The number of thioether (sulfide) groups is 1. The second kappa shape index (κ2) is 7.76. The number of benzene rings is 2. The molecule has 2 aromatic carbocycles. The number of ether oxygens (including phenoxy) is 3. The third-order valence-corrected chi connectivity index (χ3v) is 8.67. The molecule has 0 radical (unpaired) electrons. The standard InChI is InChI=1S/C21H20N2O6S2/c1-27-16-5-3-2-4-13(16)8-20(24)22-21-23(15-10-31(25,26)11-19(15)30-21)14-6-7-17-18(9-14)29-12-28-17/h2-7,9,15,19H,8,10-12H2,1H3/t15-,19-/m1/s1. The number of nitrogens with zero attached hydrogens (tertiary/aromatic N) is 2. The zero-order valence-electron chi connectivity index (χ0n) is 16.7. The molecular weight excluding hydrogens is 440 g/mol. The lowest BCUT2D eigenvalue weighted by molar-refractivity contribution is -0.117. The molecule has 2 aromatic rings. The Kier molecular flexibility index (Phi) is 5.05. The maximum absolute atomic E-state index is 12.8. The molecule has 162 valence electrons. The molecule has 5 rings (SSSR count). The topological polar surface area (TPSA) is 94.5 Å². The molecule has 0 unspecified atom stereocenters. The van der Waals surface area contributed by atoms with E-state index in [0.717, 1.165) is 11.3 Å². The zero-order chi connectivity index (χ0) is 21.6. The van der Waals surface area contributed by atoms with Crippen molar-refractivity contribution in [1.82, 2.24) is 0 Å². The minimum atomic E-state index is -3.14. The number of fused-ring (bicyclic) bond motifs is 2. The molecule has 2 atom stereocenters. The van der Waals surface area contributed by atoms with Crippen LogP contribution in [-0.2, 0) is 21.1 Å². The fraction of sp³-hybridized carbons (Fsp3) is 0.333. The molecule has 3 aliphatic rings. The van der Waals surface area contributed by atoms with E-state index in [-0.39, 0.29) is 41.9 Å². The summed E-state index contributed by atoms with van der Waals surface area (Å²) in [6.45, 7) is 0.145. The summed E-state index contributed by atoms with van der Waals surface area (Å²) < 4.78 is 40.7. The first-order valence-corrected chi connectivity index (χ1v) is 12.4. The molecule has 10 heteroatoms. The van der Waals surface area contributed by atoms with Crippen LogP contribution in [0.15, 0.2) is 47.5 Å². The number of carbonyl (C=O) groups excluding carboxylic acids is 1. The van der Waals surface area contributed by atoms with Crippen molar-refractivity contribution in [3.05, 3.63) is 48.0 Å². The summed E-state index contributed by atoms with van der Waals surface area (Å²) in [6, 6.07) is 12.5. The highest BCUT2D eigenvalue weighted by molar-refractivity contribution is 8.16. The van der Waals surface area contributed by atoms with Crippen molar-refractivity contribution in [3.63, 3.8) is 0 Å². The van der Waals surface area contributed by atoms with Crippen molar-refractivity contribution >= 4 is 38.4 Å². The number of anilines is 1. The first-order valence-electron chi connectivity index (χ1n) is 9.73. The normalized spacial score (nSPS) is 24.4. The van der Waals surface area contributed by atoms with Gasteiger partial charge in [-0.3, -0.25) is 4.79 Å². The van der Waals surface area contributed by atoms with Crippen LogP contribution >= 0.6 is 11.8 Å². The van der Waals surface area contributed by atoms with E-state index < -0.39 is 9.84 Å². The van der Waals surface area contributed by atoms with E-state index in [1.807, 2.05) is 29.2 Å². The Morgan fingerprint density at radius 3 is 2.84 bits per heavy atom. The molecular formula is C21H20N2O6S2. The van der Waals surface area contributed by atoms with Crippen LogP contribution in [0.2, 0.25) is 0 Å². The molecule has 2 saturated heterocycles. The number of hydrogen-bond acceptors (Lipinski definition) is 7. The minimum Gasteiger partial charge on any atom is -0.496 e. The van der Waals surface area contributed by atoms with E-state index in [1.165, 1.54) is 11.8 Å². The third kappa shape index (κ3) is 3.85. The summed E-state index contributed by atoms with van der Waals surface area (Å²) in [5, 5.41) is 0.330. The van der Waals surface area contributed by atoms with Gasteiger partial charge in [0.25, 0.3) is 5.91 Å². The molecule has 0 spiro atoms. The molecule has 1 amide bonds. The lowest BCUT2D eigenvalue weighted by atomic mass is 10.1. The van der Waals surface area contributed by atoms with Gasteiger partial charge in [0.05, 0.1) is 31.1 Å². The molecule has 2 fully saturated rings. The molecule has 0 aromatic heterocycles. The number of amidine groups is 1. The molecule has 3 heterocycles. The number of sulfone groups is 1. The van der Waals surface area contributed by atoms with Gasteiger partial charge < -0.3 is 19.1 Å². The van der Waals surface area contributed by atoms with Gasteiger partial charge in [-0.25, -0.2) is 8.42 Å². The monoisotopic (exact) mass is 460 g/mol.